The number of carbonyl (C=O) groups excluding carboxylic acids is 1. The van der Waals surface area contributed by atoms with Gasteiger partial charge in [0, 0.05) is 11.1 Å². The van der Waals surface area contributed by atoms with Gasteiger partial charge in [0.25, 0.3) is 0 Å². The molecule has 2 aromatic carbocycles. The number of amides is 1. The van der Waals surface area contributed by atoms with E-state index in [9.17, 15) is 14.7 Å². The molecule has 1 heterocycles. The van der Waals surface area contributed by atoms with E-state index in [2.05, 4.69) is 10.3 Å². The lowest BCUT2D eigenvalue weighted by atomic mass is 10.2. The number of hydrogen-bond acceptors (Lipinski definition) is 6. The lowest BCUT2D eigenvalue weighted by Gasteiger charge is -2.08. The van der Waals surface area contributed by atoms with Gasteiger partial charge in [-0.1, -0.05) is 11.6 Å². The number of nitrogens with zero attached hydrogens (tertiary/aromatic N) is 1. The van der Waals surface area contributed by atoms with Crippen molar-refractivity contribution in [2.24, 2.45) is 5.73 Å². The van der Waals surface area contributed by atoms with Gasteiger partial charge in [0.2, 0.25) is 5.91 Å². The number of halogens is 1. The Balaban J connectivity index is 2.00. The summed E-state index contributed by atoms with van der Waals surface area (Å²) in [6.45, 7) is 0. The molecule has 138 valence electrons. The number of ether oxygens (including phenoxy) is 1. The van der Waals surface area contributed by atoms with E-state index >= 15 is 0 Å². The average Bonchev–Trinajstić information content (AvgIpc) is 3.07. The first-order valence-corrected chi connectivity index (χ1v) is 8.83. The summed E-state index contributed by atoms with van der Waals surface area (Å²) in [6.07, 6.45) is 0. The van der Waals surface area contributed by atoms with E-state index in [-0.39, 0.29) is 16.3 Å². The predicted molar refractivity (Wildman–Crippen MR) is 104 cm³/mol. The Morgan fingerprint density at radius 3 is 2.52 bits per heavy atom. The van der Waals surface area contributed by atoms with Crippen LogP contribution in [0.5, 0.6) is 5.75 Å². The van der Waals surface area contributed by atoms with Gasteiger partial charge in [0.05, 0.1) is 17.8 Å². The van der Waals surface area contributed by atoms with E-state index in [0.717, 1.165) is 16.9 Å². The molecular weight excluding hydrogens is 390 g/mol. The Morgan fingerprint density at radius 2 is 1.93 bits per heavy atom. The van der Waals surface area contributed by atoms with E-state index < -0.39 is 11.9 Å². The van der Waals surface area contributed by atoms with Gasteiger partial charge in [0.15, 0.2) is 10.7 Å². The lowest BCUT2D eigenvalue weighted by molar-refractivity contribution is 0.0702. The highest BCUT2D eigenvalue weighted by molar-refractivity contribution is 7.17. The Hall–Kier alpha value is -3.10. The molecule has 0 aliphatic rings. The van der Waals surface area contributed by atoms with Crippen molar-refractivity contribution < 1.29 is 19.4 Å². The molecule has 0 fully saturated rings. The monoisotopic (exact) mass is 403 g/mol. The molecule has 4 N–H and O–H groups in total. The average molecular weight is 404 g/mol. The molecule has 0 saturated carbocycles. The molecule has 0 bridgehead atoms. The van der Waals surface area contributed by atoms with Gasteiger partial charge in [-0.05, 0) is 42.5 Å². The van der Waals surface area contributed by atoms with Crippen molar-refractivity contribution in [1.82, 2.24) is 4.98 Å². The number of anilines is 2. The number of carboxylic acids is 1. The number of carbonyl (C=O) groups is 2. The number of primary amides is 1. The molecule has 0 spiro atoms. The summed E-state index contributed by atoms with van der Waals surface area (Å²) in [5, 5.41) is 13.2. The minimum absolute atomic E-state index is 0.0152. The molecule has 3 aromatic rings. The van der Waals surface area contributed by atoms with E-state index in [4.69, 9.17) is 22.1 Å². The molecule has 0 aliphatic heterocycles. The molecule has 3 rings (SSSR count). The fourth-order valence-electron chi connectivity index (χ4n) is 2.31. The largest absolute Gasteiger partial charge is 0.497 e. The van der Waals surface area contributed by atoms with Crippen molar-refractivity contribution in [3.63, 3.8) is 0 Å². The second kappa shape index (κ2) is 7.65. The maximum Gasteiger partial charge on any atom is 0.349 e. The second-order valence-electron chi connectivity index (χ2n) is 5.41. The summed E-state index contributed by atoms with van der Waals surface area (Å²) in [7, 11) is 1.56. The van der Waals surface area contributed by atoms with Gasteiger partial charge in [0.1, 0.15) is 10.8 Å². The van der Waals surface area contributed by atoms with E-state index in [0.29, 0.717) is 21.5 Å². The van der Waals surface area contributed by atoms with Crippen LogP contribution in [0.4, 0.5) is 11.5 Å². The standard InChI is InChI=1S/C18H14ClN3O4S/c1-26-11-5-2-9(3-6-11)17-22-16(14(27-17)18(24)25)21-13-8-10(15(20)23)4-7-12(13)19/h2-8,21H,1H3,(H2,20,23)(H,24,25). The predicted octanol–water partition coefficient (Wildman–Crippen LogP) is 4.01. The zero-order valence-electron chi connectivity index (χ0n) is 14.0. The van der Waals surface area contributed by atoms with Crippen LogP contribution in [0, 0.1) is 0 Å². The highest BCUT2D eigenvalue weighted by atomic mass is 35.5. The van der Waals surface area contributed by atoms with Crippen LogP contribution in [-0.2, 0) is 0 Å². The molecule has 0 radical (unpaired) electrons. The maximum absolute atomic E-state index is 11.6. The summed E-state index contributed by atoms with van der Waals surface area (Å²) in [5.41, 5.74) is 6.60. The van der Waals surface area contributed by atoms with E-state index in [1.54, 1.807) is 31.4 Å². The molecular formula is C18H14ClN3O4S. The minimum Gasteiger partial charge on any atom is -0.497 e. The minimum atomic E-state index is -1.13. The molecule has 7 nitrogen and oxygen atoms in total. The number of methoxy groups -OCH3 is 1. The van der Waals surface area contributed by atoms with Crippen LogP contribution in [0.15, 0.2) is 42.5 Å². The topological polar surface area (TPSA) is 115 Å². The molecule has 0 aliphatic carbocycles. The molecule has 27 heavy (non-hydrogen) atoms. The quantitative estimate of drug-likeness (QED) is 0.572. The maximum atomic E-state index is 11.6. The Labute approximate surface area is 163 Å². The number of benzene rings is 2. The van der Waals surface area contributed by atoms with Crippen molar-refractivity contribution in [2.75, 3.05) is 12.4 Å². The zero-order chi connectivity index (χ0) is 19.6. The first kappa shape index (κ1) is 18.7. The van der Waals surface area contributed by atoms with Crippen LogP contribution >= 0.6 is 22.9 Å². The SMILES string of the molecule is COc1ccc(-c2nc(Nc3cc(C(N)=O)ccc3Cl)c(C(=O)O)s2)cc1. The summed E-state index contributed by atoms with van der Waals surface area (Å²) >= 11 is 7.16. The highest BCUT2D eigenvalue weighted by Crippen LogP contribution is 2.35. The molecule has 9 heteroatoms. The van der Waals surface area contributed by atoms with E-state index in [1.165, 1.54) is 18.2 Å². The van der Waals surface area contributed by atoms with Gasteiger partial charge in [-0.25, -0.2) is 9.78 Å². The normalized spacial score (nSPS) is 10.4. The first-order chi connectivity index (χ1) is 12.9. The second-order valence-corrected chi connectivity index (χ2v) is 6.82. The van der Waals surface area contributed by atoms with Crippen molar-refractivity contribution in [1.29, 1.82) is 0 Å². The van der Waals surface area contributed by atoms with Crippen molar-refractivity contribution in [3.05, 3.63) is 57.9 Å². The van der Waals surface area contributed by atoms with E-state index in [1.807, 2.05) is 0 Å². The first-order valence-electron chi connectivity index (χ1n) is 7.64. The summed E-state index contributed by atoms with van der Waals surface area (Å²) in [6, 6.07) is 11.5. The Kier molecular flexibility index (Phi) is 5.29. The smallest absolute Gasteiger partial charge is 0.349 e. The fourth-order valence-corrected chi connectivity index (χ4v) is 3.34. The number of hydrogen-bond donors (Lipinski definition) is 3. The zero-order valence-corrected chi connectivity index (χ0v) is 15.6. The summed E-state index contributed by atoms with van der Waals surface area (Å²) in [4.78, 5) is 27.4. The lowest BCUT2D eigenvalue weighted by Crippen LogP contribution is -2.11. The van der Waals surface area contributed by atoms with Crippen LogP contribution in [0.25, 0.3) is 10.6 Å². The number of rotatable bonds is 6. The van der Waals surface area contributed by atoms with Crippen LogP contribution in [0.2, 0.25) is 5.02 Å². The van der Waals surface area contributed by atoms with Crippen LogP contribution in [0.3, 0.4) is 0 Å². The number of nitrogens with one attached hydrogen (secondary N) is 1. The van der Waals surface area contributed by atoms with Crippen molar-refractivity contribution in [3.8, 4) is 16.3 Å². The summed E-state index contributed by atoms with van der Waals surface area (Å²) in [5.74, 6) is -0.939. The van der Waals surface area contributed by atoms with Crippen molar-refractivity contribution >= 4 is 46.3 Å². The Morgan fingerprint density at radius 1 is 1.22 bits per heavy atom. The number of aromatic carboxylic acids is 1. The summed E-state index contributed by atoms with van der Waals surface area (Å²) < 4.78 is 5.12. The van der Waals surface area contributed by atoms with Gasteiger partial charge < -0.3 is 20.9 Å². The van der Waals surface area contributed by atoms with Crippen LogP contribution < -0.4 is 15.8 Å². The molecule has 0 atom stereocenters. The number of nitrogens with two attached hydrogens (primary N) is 1. The third kappa shape index (κ3) is 4.02. The fraction of sp³-hybridized carbons (Fsp3) is 0.0556. The van der Waals surface area contributed by atoms with Gasteiger partial charge in [-0.15, -0.1) is 11.3 Å². The van der Waals surface area contributed by atoms with Crippen molar-refractivity contribution in [2.45, 2.75) is 0 Å². The number of aromatic nitrogens is 1. The van der Waals surface area contributed by atoms with Gasteiger partial charge >= 0.3 is 5.97 Å². The Bertz CT molecular complexity index is 1020. The third-order valence-electron chi connectivity index (χ3n) is 3.66. The van der Waals surface area contributed by atoms with Crippen LogP contribution in [-0.4, -0.2) is 29.1 Å². The van der Waals surface area contributed by atoms with Crippen LogP contribution in [0.1, 0.15) is 20.0 Å². The number of thiazole rings is 1. The van der Waals surface area contributed by atoms with Gasteiger partial charge in [-0.2, -0.15) is 0 Å². The molecule has 0 unspecified atom stereocenters. The highest BCUT2D eigenvalue weighted by Gasteiger charge is 2.20. The third-order valence-corrected chi connectivity index (χ3v) is 5.08. The number of carboxylic acid groups (broad SMARTS) is 1. The molecule has 0 saturated heterocycles. The molecule has 1 amide bonds. The van der Waals surface area contributed by atoms with Gasteiger partial charge in [-0.3, -0.25) is 4.79 Å². The molecule has 1 aromatic heterocycles.